The van der Waals surface area contributed by atoms with Gasteiger partial charge in [0.05, 0.1) is 34.4 Å². The fourth-order valence-corrected chi connectivity index (χ4v) is 8.74. The highest BCUT2D eigenvalue weighted by molar-refractivity contribution is 7.47. The minimum absolute atomic E-state index is 0.0862. The topological polar surface area (TPSA) is 91.3 Å². The van der Waals surface area contributed by atoms with E-state index in [4.69, 9.17) is 18.5 Å². The molecule has 68 heavy (non-hydrogen) atoms. The maximum atomic E-state index is 12.8. The van der Waals surface area contributed by atoms with Crippen LogP contribution >= 0.6 is 7.82 Å². The van der Waals surface area contributed by atoms with Crippen molar-refractivity contribution in [2.75, 3.05) is 54.1 Å². The molecule has 2 atom stereocenters. The number of hydrogen-bond acceptors (Lipinski definition) is 6. The molecule has 1 N–H and O–H groups in total. The Morgan fingerprint density at radius 2 is 0.853 bits per heavy atom. The fourth-order valence-electron chi connectivity index (χ4n) is 7.99. The smallest absolute Gasteiger partial charge is 0.457 e. The van der Waals surface area contributed by atoms with Crippen molar-refractivity contribution in [2.24, 2.45) is 0 Å². The average Bonchev–Trinajstić information content (AvgIpc) is 3.30. The molecule has 0 aromatic rings. The second-order valence-electron chi connectivity index (χ2n) is 20.3. The number of nitrogens with zero attached hydrogens (tertiary/aromatic N) is 1. The number of carbonyl (C=O) groups is 1. The molecule has 0 amide bonds. The molecule has 398 valence electrons. The molecule has 0 aliphatic heterocycles. The number of quaternary nitrogens is 1. The van der Waals surface area contributed by atoms with E-state index in [2.05, 4.69) is 74.6 Å². The first-order valence-electron chi connectivity index (χ1n) is 28.5. The van der Waals surface area contributed by atoms with Crippen LogP contribution in [0.2, 0.25) is 0 Å². The van der Waals surface area contributed by atoms with Crippen molar-refractivity contribution >= 4 is 13.8 Å². The van der Waals surface area contributed by atoms with Crippen molar-refractivity contribution in [3.05, 3.63) is 60.8 Å². The average molecular weight is 978 g/mol. The molecule has 0 aliphatic carbocycles. The number of phosphoric acid groups is 1. The summed E-state index contributed by atoms with van der Waals surface area (Å²) in [7, 11) is 1.67. The molecule has 0 spiro atoms. The highest BCUT2D eigenvalue weighted by Gasteiger charge is 2.26. The molecule has 0 heterocycles. The zero-order valence-electron chi connectivity index (χ0n) is 45.3. The molecule has 9 heteroatoms. The fraction of sp³-hybridized carbons (Fsp3) is 0.814. The number of likely N-dealkylation sites (N-methyl/N-ethyl adjacent to an activating group) is 1. The summed E-state index contributed by atoms with van der Waals surface area (Å²) in [5.41, 5.74) is 0. The Hall–Kier alpha value is -1.80. The van der Waals surface area contributed by atoms with Gasteiger partial charge in [-0.3, -0.25) is 13.8 Å². The molecular weight excluding hydrogens is 866 g/mol. The highest BCUT2D eigenvalue weighted by Crippen LogP contribution is 2.43. The maximum absolute atomic E-state index is 12.8. The van der Waals surface area contributed by atoms with Gasteiger partial charge in [-0.2, -0.15) is 0 Å². The van der Waals surface area contributed by atoms with Crippen LogP contribution in [0.5, 0.6) is 0 Å². The standard InChI is InChI=1S/C59H110NO7P/c1-6-8-10-12-14-16-18-20-22-24-26-28-30-31-33-35-37-39-41-43-45-47-49-51-54-64-56-58(57-66-68(62,63)65-55-53-60(3,4)5)67-59(61)52-50-48-46-44-42-40-38-36-34-32-29-27-25-23-21-19-17-15-13-11-9-7-2/h8,10,14,16,20,22,26,28,31,33,58H,6-7,9,11-13,15,17-19,21,23-25,27,29-30,32,34-57H2,1-5H3/p+1/b10-8-,16-14-,22-20-,28-26-,33-31-. The number of phosphoric ester groups is 1. The van der Waals surface area contributed by atoms with E-state index in [1.807, 2.05) is 21.1 Å². The Morgan fingerprint density at radius 3 is 1.28 bits per heavy atom. The van der Waals surface area contributed by atoms with Gasteiger partial charge in [0.25, 0.3) is 0 Å². The summed E-state index contributed by atoms with van der Waals surface area (Å²) >= 11 is 0. The lowest BCUT2D eigenvalue weighted by atomic mass is 10.0. The van der Waals surface area contributed by atoms with Crippen LogP contribution in [0.25, 0.3) is 0 Å². The van der Waals surface area contributed by atoms with Crippen LogP contribution < -0.4 is 0 Å². The molecule has 8 nitrogen and oxygen atoms in total. The normalized spacial score (nSPS) is 13.9. The molecule has 0 aromatic heterocycles. The van der Waals surface area contributed by atoms with Crippen LogP contribution in [0.4, 0.5) is 0 Å². The van der Waals surface area contributed by atoms with E-state index in [9.17, 15) is 14.3 Å². The van der Waals surface area contributed by atoms with Gasteiger partial charge in [-0.1, -0.05) is 248 Å². The van der Waals surface area contributed by atoms with Crippen LogP contribution in [-0.4, -0.2) is 75.6 Å². The van der Waals surface area contributed by atoms with E-state index in [1.165, 1.54) is 161 Å². The first-order chi connectivity index (χ1) is 33.1. The van der Waals surface area contributed by atoms with Gasteiger partial charge in [0, 0.05) is 13.0 Å². The van der Waals surface area contributed by atoms with Crippen LogP contribution in [0.1, 0.15) is 251 Å². The number of allylic oxidation sites excluding steroid dienone is 10. The molecule has 0 fully saturated rings. The Balaban J connectivity index is 4.09. The molecule has 0 aliphatic rings. The first kappa shape index (κ1) is 66.2. The van der Waals surface area contributed by atoms with Gasteiger partial charge in [-0.15, -0.1) is 0 Å². The number of carbonyl (C=O) groups excluding carboxylic acids is 1. The van der Waals surface area contributed by atoms with Crippen molar-refractivity contribution < 1.29 is 37.3 Å². The van der Waals surface area contributed by atoms with Gasteiger partial charge in [-0.05, 0) is 57.8 Å². The summed E-state index contributed by atoms with van der Waals surface area (Å²) in [5, 5.41) is 0. The summed E-state index contributed by atoms with van der Waals surface area (Å²) in [4.78, 5) is 23.1. The van der Waals surface area contributed by atoms with E-state index in [1.54, 1.807) is 0 Å². The van der Waals surface area contributed by atoms with Gasteiger partial charge < -0.3 is 18.9 Å². The molecular formula is C59H111NO7P+. The second kappa shape index (κ2) is 51.6. The minimum Gasteiger partial charge on any atom is -0.457 e. The Kier molecular flexibility index (Phi) is 50.2. The molecule has 2 unspecified atom stereocenters. The third-order valence-electron chi connectivity index (χ3n) is 12.3. The zero-order valence-corrected chi connectivity index (χ0v) is 46.2. The molecule has 0 saturated heterocycles. The van der Waals surface area contributed by atoms with Crippen LogP contribution in [0.3, 0.4) is 0 Å². The van der Waals surface area contributed by atoms with Gasteiger partial charge in [-0.25, -0.2) is 4.57 Å². The van der Waals surface area contributed by atoms with Crippen molar-refractivity contribution in [1.82, 2.24) is 0 Å². The number of hydrogen-bond donors (Lipinski definition) is 1. The van der Waals surface area contributed by atoms with Crippen molar-refractivity contribution in [3.63, 3.8) is 0 Å². The van der Waals surface area contributed by atoms with E-state index >= 15 is 0 Å². The Bertz CT molecular complexity index is 1270. The van der Waals surface area contributed by atoms with Crippen LogP contribution in [0.15, 0.2) is 60.8 Å². The highest BCUT2D eigenvalue weighted by atomic mass is 31.2. The monoisotopic (exact) mass is 977 g/mol. The predicted molar refractivity (Wildman–Crippen MR) is 293 cm³/mol. The summed E-state index contributed by atoms with van der Waals surface area (Å²) in [6.45, 7) is 5.53. The lowest BCUT2D eigenvalue weighted by Gasteiger charge is -2.24. The third-order valence-corrected chi connectivity index (χ3v) is 13.3. The predicted octanol–water partition coefficient (Wildman–Crippen LogP) is 18.0. The van der Waals surface area contributed by atoms with Gasteiger partial charge in [0.15, 0.2) is 0 Å². The summed E-state index contributed by atoms with van der Waals surface area (Å²) in [6, 6.07) is 0. The lowest BCUT2D eigenvalue weighted by Crippen LogP contribution is -2.37. The quantitative estimate of drug-likeness (QED) is 0.0213. The summed E-state index contributed by atoms with van der Waals surface area (Å²) in [6.07, 6.45) is 67.1. The van der Waals surface area contributed by atoms with Gasteiger partial charge in [0.1, 0.15) is 19.3 Å². The Labute approximate surface area is 421 Å². The van der Waals surface area contributed by atoms with Crippen LogP contribution in [-0.2, 0) is 27.9 Å². The molecule has 0 rings (SSSR count). The van der Waals surface area contributed by atoms with Crippen molar-refractivity contribution in [3.8, 4) is 0 Å². The molecule has 0 radical (unpaired) electrons. The lowest BCUT2D eigenvalue weighted by molar-refractivity contribution is -0.870. The number of unbranched alkanes of at least 4 members (excludes halogenated alkanes) is 29. The zero-order chi connectivity index (χ0) is 49.8. The van der Waals surface area contributed by atoms with E-state index in [0.29, 0.717) is 24.1 Å². The second-order valence-corrected chi connectivity index (χ2v) is 21.8. The van der Waals surface area contributed by atoms with Crippen LogP contribution in [0, 0.1) is 0 Å². The molecule has 0 bridgehead atoms. The summed E-state index contributed by atoms with van der Waals surface area (Å²) < 4.78 is 35.3. The number of esters is 1. The van der Waals surface area contributed by atoms with Crippen molar-refractivity contribution in [1.29, 1.82) is 0 Å². The van der Waals surface area contributed by atoms with E-state index in [-0.39, 0.29) is 25.8 Å². The Morgan fingerprint density at radius 1 is 0.471 bits per heavy atom. The largest absolute Gasteiger partial charge is 0.472 e. The van der Waals surface area contributed by atoms with Crippen molar-refractivity contribution in [2.45, 2.75) is 258 Å². The maximum Gasteiger partial charge on any atom is 0.472 e. The van der Waals surface area contributed by atoms with Gasteiger partial charge in [0.2, 0.25) is 0 Å². The summed E-state index contributed by atoms with van der Waals surface area (Å²) in [5.74, 6) is -0.313. The first-order valence-corrected chi connectivity index (χ1v) is 30.0. The molecule has 0 aromatic carbocycles. The minimum atomic E-state index is -4.29. The SMILES string of the molecule is CC/C=C\C/C=C\C/C=C\C/C=C\C/C=C\CCCCCCCCCCOCC(COP(=O)(O)OCC[N+](C)(C)C)OC(=O)CCCCCCCCCCCCCCCCCCCCCCCC. The third kappa shape index (κ3) is 55.1. The van der Waals surface area contributed by atoms with E-state index < -0.39 is 13.9 Å². The molecule has 0 saturated carbocycles. The van der Waals surface area contributed by atoms with E-state index in [0.717, 1.165) is 70.6 Å². The number of ether oxygens (including phenoxy) is 2. The number of rotatable bonds is 53. The van der Waals surface area contributed by atoms with Gasteiger partial charge >= 0.3 is 13.8 Å².